The van der Waals surface area contributed by atoms with E-state index in [0.29, 0.717) is 0 Å². The van der Waals surface area contributed by atoms with Gasteiger partial charge in [-0.25, -0.2) is 0 Å². The van der Waals surface area contributed by atoms with Gasteiger partial charge in [-0.05, 0) is 0 Å². The summed E-state index contributed by atoms with van der Waals surface area (Å²) in [6.45, 7) is 0. The van der Waals surface area contributed by atoms with Gasteiger partial charge in [0.05, 0.1) is 0 Å². The third kappa shape index (κ3) is 3.28. The molecule has 0 aliphatic carbocycles. The van der Waals surface area contributed by atoms with E-state index in [4.69, 9.17) is 14.4 Å². The Bertz CT molecular complexity index is 1930. The van der Waals surface area contributed by atoms with Crippen LogP contribution in [-0.2, 0) is 0 Å². The third-order valence-electron chi connectivity index (χ3n) is 6.95. The van der Waals surface area contributed by atoms with Crippen LogP contribution in [0.3, 0.4) is 0 Å². The maximum atomic E-state index is 6.59. The van der Waals surface area contributed by atoms with Crippen LogP contribution in [0.5, 0.6) is 0 Å². The van der Waals surface area contributed by atoms with Crippen LogP contribution in [0.25, 0.3) is 61.1 Å². The normalized spacial score (nSPS) is 12.3. The van der Waals surface area contributed by atoms with E-state index in [9.17, 15) is 0 Å². The minimum absolute atomic E-state index is 0.831. The molecule has 0 bridgehead atoms. The van der Waals surface area contributed by atoms with Crippen molar-refractivity contribution in [2.24, 2.45) is 0 Å². The summed E-state index contributed by atoms with van der Waals surface area (Å²) in [5, 5.41) is 3.34. The second-order valence-corrected chi connectivity index (χ2v) is 21.0. The Morgan fingerprint density at radius 2 is 1.50 bits per heavy atom. The van der Waals surface area contributed by atoms with Crippen LogP contribution in [0.1, 0.15) is 0 Å². The number of aromatic nitrogens is 3. The molecule has 7 rings (SSSR count). The van der Waals surface area contributed by atoms with Crippen molar-refractivity contribution >= 4 is 61.7 Å². The van der Waals surface area contributed by atoms with Crippen molar-refractivity contribution in [3.8, 4) is 17.1 Å². The van der Waals surface area contributed by atoms with Gasteiger partial charge in [0.15, 0.2) is 0 Å². The van der Waals surface area contributed by atoms with E-state index in [2.05, 4.69) is 82.5 Å². The molecule has 3 aromatic heterocycles. The van der Waals surface area contributed by atoms with Crippen molar-refractivity contribution in [1.82, 2.24) is 14.5 Å². The van der Waals surface area contributed by atoms with Crippen LogP contribution in [0.15, 0.2) is 101 Å². The number of rotatable bonds is 3. The molecule has 0 atom stereocenters. The van der Waals surface area contributed by atoms with E-state index in [1.54, 1.807) is 0 Å². The minimum atomic E-state index is -1.99. The van der Waals surface area contributed by atoms with Gasteiger partial charge in [0.25, 0.3) is 0 Å². The van der Waals surface area contributed by atoms with E-state index < -0.39 is 13.3 Å². The number of hydrogen-bond acceptors (Lipinski definition) is 3. The molecular weight excluding hydrogens is 503 g/mol. The van der Waals surface area contributed by atoms with Crippen molar-refractivity contribution in [3.05, 3.63) is 97.1 Å². The first kappa shape index (κ1) is 21.4. The summed E-state index contributed by atoms with van der Waals surface area (Å²) in [6, 6.07) is 33.8. The summed E-state index contributed by atoms with van der Waals surface area (Å²) in [6.07, 6.45) is 0. The molecule has 0 aliphatic heterocycles. The van der Waals surface area contributed by atoms with Gasteiger partial charge < -0.3 is 0 Å². The molecule has 0 spiro atoms. The number of hydrogen-bond donors (Lipinski definition) is 0. The summed E-state index contributed by atoms with van der Waals surface area (Å²) in [5.41, 5.74) is 6.46. The van der Waals surface area contributed by atoms with E-state index in [0.717, 1.165) is 61.1 Å². The molecule has 0 fully saturated rings. The Morgan fingerprint density at radius 1 is 0.694 bits per heavy atom. The first-order valence-electron chi connectivity index (χ1n) is 12.3. The number of imidazole rings is 1. The first-order valence-corrected chi connectivity index (χ1v) is 19.6. The summed E-state index contributed by atoms with van der Waals surface area (Å²) in [7, 11) is 0. The summed E-state index contributed by atoms with van der Waals surface area (Å²) < 4.78 is 10.2. The van der Waals surface area contributed by atoms with Gasteiger partial charge in [0.2, 0.25) is 0 Å². The molecule has 0 aliphatic rings. The maximum absolute atomic E-state index is 6.59. The molecule has 0 unspecified atom stereocenters. The van der Waals surface area contributed by atoms with Crippen LogP contribution in [-0.4, -0.2) is 27.8 Å². The molecule has 0 radical (unpaired) electrons. The number of para-hydroxylation sites is 3. The predicted molar refractivity (Wildman–Crippen MR) is 152 cm³/mol. The zero-order valence-corrected chi connectivity index (χ0v) is 22.6. The molecule has 0 saturated heterocycles. The van der Waals surface area contributed by atoms with Crippen LogP contribution < -0.4 is 4.40 Å². The molecule has 4 nitrogen and oxygen atoms in total. The van der Waals surface area contributed by atoms with Crippen LogP contribution in [0, 0.1) is 0 Å². The van der Waals surface area contributed by atoms with Crippen molar-refractivity contribution in [3.63, 3.8) is 0 Å². The van der Waals surface area contributed by atoms with Crippen molar-refractivity contribution in [2.45, 2.75) is 17.3 Å². The topological polar surface area (TPSA) is 43.9 Å². The van der Waals surface area contributed by atoms with E-state index in [1.807, 2.05) is 36.4 Å². The second kappa shape index (κ2) is 7.80. The molecule has 7 aromatic rings. The van der Waals surface area contributed by atoms with E-state index >= 15 is 0 Å². The average molecular weight is 528 g/mol. The fraction of sp³-hybridized carbons (Fsp3) is 0.0968. The standard InChI is InChI=1S/C31H25GeN3O/c1-32(2,3)21-16-17-23-24-13-9-14-25(29(24)36-28(23)19-21)30-34-27-18-20-10-7-8-15-26(20)33-31(27)35(30)22-11-5-4-6-12-22/h4-19H,1-3H3. The molecule has 0 saturated carbocycles. The van der Waals surface area contributed by atoms with Gasteiger partial charge in [-0.2, -0.15) is 0 Å². The Labute approximate surface area is 211 Å². The SMILES string of the molecule is [CH3][Ge]([CH3])([CH3])[c]1ccc2c(c1)oc1c(-c3nc4cc5ccccc5nc4n3-c3ccccc3)cccc12. The van der Waals surface area contributed by atoms with Gasteiger partial charge >= 0.3 is 200 Å². The predicted octanol–water partition coefficient (Wildman–Crippen LogP) is 7.69. The zero-order valence-electron chi connectivity index (χ0n) is 20.5. The summed E-state index contributed by atoms with van der Waals surface area (Å²) in [4.78, 5) is 10.2. The molecule has 36 heavy (non-hydrogen) atoms. The molecule has 3 heterocycles. The van der Waals surface area contributed by atoms with Gasteiger partial charge in [0, 0.05) is 0 Å². The van der Waals surface area contributed by atoms with Crippen LogP contribution >= 0.6 is 0 Å². The molecule has 174 valence electrons. The third-order valence-corrected chi connectivity index (χ3v) is 11.2. The second-order valence-electron chi connectivity index (χ2n) is 10.4. The molecular formula is C31H25GeN3O. The average Bonchev–Trinajstić information content (AvgIpc) is 3.45. The van der Waals surface area contributed by atoms with Crippen LogP contribution in [0.4, 0.5) is 0 Å². The molecule has 5 heteroatoms. The fourth-order valence-corrected chi connectivity index (χ4v) is 7.46. The van der Waals surface area contributed by atoms with Crippen molar-refractivity contribution in [2.75, 3.05) is 0 Å². The molecule has 4 aromatic carbocycles. The van der Waals surface area contributed by atoms with Gasteiger partial charge in [-0.1, -0.05) is 12.1 Å². The Hall–Kier alpha value is -3.90. The van der Waals surface area contributed by atoms with E-state index in [1.165, 1.54) is 4.40 Å². The number of furan rings is 1. The Morgan fingerprint density at radius 3 is 2.33 bits per heavy atom. The number of fused-ring (bicyclic) bond motifs is 5. The van der Waals surface area contributed by atoms with Gasteiger partial charge in [0.1, 0.15) is 0 Å². The fourth-order valence-electron chi connectivity index (χ4n) is 5.05. The molecule has 0 N–H and O–H groups in total. The zero-order chi connectivity index (χ0) is 24.4. The first-order chi connectivity index (χ1) is 17.5. The number of benzene rings is 4. The Kier molecular flexibility index (Phi) is 4.64. The van der Waals surface area contributed by atoms with Crippen molar-refractivity contribution < 1.29 is 4.42 Å². The van der Waals surface area contributed by atoms with Crippen LogP contribution in [0.2, 0.25) is 17.3 Å². The Balaban J connectivity index is 1.56. The van der Waals surface area contributed by atoms with Gasteiger partial charge in [-0.3, -0.25) is 0 Å². The van der Waals surface area contributed by atoms with Gasteiger partial charge in [-0.15, -0.1) is 0 Å². The molecule has 0 amide bonds. The number of nitrogens with zero attached hydrogens (tertiary/aromatic N) is 3. The quantitative estimate of drug-likeness (QED) is 0.221. The van der Waals surface area contributed by atoms with E-state index in [-0.39, 0.29) is 0 Å². The summed E-state index contributed by atoms with van der Waals surface area (Å²) in [5.74, 6) is 8.06. The number of pyridine rings is 1. The van der Waals surface area contributed by atoms with Crippen molar-refractivity contribution in [1.29, 1.82) is 0 Å². The summed E-state index contributed by atoms with van der Waals surface area (Å²) >= 11 is -1.99. The monoisotopic (exact) mass is 529 g/mol.